The van der Waals surface area contributed by atoms with Crippen LogP contribution in [-0.2, 0) is 4.74 Å². The number of hydrogen-bond acceptors (Lipinski definition) is 4. The monoisotopic (exact) mass is 215 g/mol. The second-order valence-corrected chi connectivity index (χ2v) is 2.44. The smallest absolute Gasteiger partial charge is 0.409 e. The minimum atomic E-state index is -4.30. The average Bonchev–Trinajstić information content (AvgIpc) is 2.08. The largest absolute Gasteiger partial charge is 0.411 e. The van der Waals surface area contributed by atoms with Crippen molar-refractivity contribution in [3.05, 3.63) is 0 Å². The summed E-state index contributed by atoms with van der Waals surface area (Å²) in [6, 6.07) is 0. The van der Waals surface area contributed by atoms with E-state index < -0.39 is 12.8 Å². The number of amidine groups is 1. The summed E-state index contributed by atoms with van der Waals surface area (Å²) in [4.78, 5) is 0. The fraction of sp³-hybridized carbons (Fsp3) is 0.833. The first kappa shape index (κ1) is 13.0. The molecule has 84 valence electrons. The van der Waals surface area contributed by atoms with Crippen LogP contribution >= 0.6 is 0 Å². The molecule has 0 aliphatic rings. The number of alkyl halides is 3. The number of nitrogens with two attached hydrogens (primary N) is 1. The molecule has 0 aromatic heterocycles. The highest BCUT2D eigenvalue weighted by molar-refractivity contribution is 5.81. The molecule has 0 amide bonds. The minimum absolute atomic E-state index is 0.0409. The molecule has 0 bridgehead atoms. The van der Waals surface area contributed by atoms with E-state index >= 15 is 0 Å². The van der Waals surface area contributed by atoms with Gasteiger partial charge in [-0.1, -0.05) is 5.16 Å². The maximum absolute atomic E-state index is 11.5. The number of ether oxygens (including phenoxy) is 1. The lowest BCUT2D eigenvalue weighted by Crippen LogP contribution is -2.32. The summed E-state index contributed by atoms with van der Waals surface area (Å²) >= 11 is 0. The molecule has 4 N–H and O–H groups in total. The summed E-state index contributed by atoms with van der Waals surface area (Å²) in [5, 5.41) is 13.4. The van der Waals surface area contributed by atoms with Gasteiger partial charge in [-0.05, 0) is 0 Å². The van der Waals surface area contributed by atoms with E-state index in [-0.39, 0.29) is 25.5 Å². The van der Waals surface area contributed by atoms with Crippen molar-refractivity contribution in [1.29, 1.82) is 0 Å². The third-order valence-electron chi connectivity index (χ3n) is 1.12. The Labute approximate surface area is 78.7 Å². The molecule has 0 unspecified atom stereocenters. The average molecular weight is 215 g/mol. The number of halogens is 3. The number of oxime groups is 1. The Morgan fingerprint density at radius 2 is 2.14 bits per heavy atom. The predicted molar refractivity (Wildman–Crippen MR) is 43.2 cm³/mol. The zero-order valence-corrected chi connectivity index (χ0v) is 7.34. The zero-order valence-electron chi connectivity index (χ0n) is 7.34. The summed E-state index contributed by atoms with van der Waals surface area (Å²) in [5.41, 5.74) is 5.07. The predicted octanol–water partition coefficient (Wildman–Crippen LogP) is -0.0987. The van der Waals surface area contributed by atoms with Crippen molar-refractivity contribution in [2.75, 3.05) is 26.3 Å². The lowest BCUT2D eigenvalue weighted by Gasteiger charge is -2.07. The maximum atomic E-state index is 11.5. The second-order valence-electron chi connectivity index (χ2n) is 2.44. The molecule has 0 saturated heterocycles. The zero-order chi connectivity index (χ0) is 11.0. The number of nitrogens with one attached hydrogen (secondary N) is 1. The van der Waals surface area contributed by atoms with Gasteiger partial charge in [-0.15, -0.1) is 0 Å². The molecule has 5 nitrogen and oxygen atoms in total. The standard InChI is InChI=1S/C6H12F3N3O2/c7-6(8,9)4-14-2-1-11-3-5(10)12-13/h11,13H,1-4H2,(H2,10,12). The van der Waals surface area contributed by atoms with Crippen LogP contribution in [0.3, 0.4) is 0 Å². The van der Waals surface area contributed by atoms with Crippen molar-refractivity contribution in [3.8, 4) is 0 Å². The van der Waals surface area contributed by atoms with Gasteiger partial charge in [-0.2, -0.15) is 13.2 Å². The Hall–Kier alpha value is -1.02. The second kappa shape index (κ2) is 6.44. The van der Waals surface area contributed by atoms with Gasteiger partial charge in [-0.25, -0.2) is 0 Å². The molecule has 0 rings (SSSR count). The van der Waals surface area contributed by atoms with Crippen LogP contribution in [0.4, 0.5) is 13.2 Å². The number of hydrogen-bond donors (Lipinski definition) is 3. The van der Waals surface area contributed by atoms with E-state index in [1.165, 1.54) is 0 Å². The van der Waals surface area contributed by atoms with Crippen molar-refractivity contribution >= 4 is 5.84 Å². The van der Waals surface area contributed by atoms with Crippen LogP contribution in [0.5, 0.6) is 0 Å². The first-order valence-electron chi connectivity index (χ1n) is 3.77. The summed E-state index contributed by atoms with van der Waals surface area (Å²) in [6.07, 6.45) is -4.30. The molecule has 0 radical (unpaired) electrons. The molecule has 14 heavy (non-hydrogen) atoms. The van der Waals surface area contributed by atoms with Crippen LogP contribution in [-0.4, -0.2) is 43.5 Å². The Bertz CT molecular complexity index is 184. The topological polar surface area (TPSA) is 79.9 Å². The van der Waals surface area contributed by atoms with E-state index in [0.29, 0.717) is 0 Å². The third kappa shape index (κ3) is 9.07. The summed E-state index contributed by atoms with van der Waals surface area (Å²) in [7, 11) is 0. The molecular formula is C6H12F3N3O2. The van der Waals surface area contributed by atoms with Crippen LogP contribution in [0.2, 0.25) is 0 Å². The normalized spacial score (nSPS) is 13.2. The SMILES string of the molecule is NC(CNCCOCC(F)(F)F)=NO. The molecule has 0 spiro atoms. The van der Waals surface area contributed by atoms with Crippen LogP contribution in [0.25, 0.3) is 0 Å². The highest BCUT2D eigenvalue weighted by Crippen LogP contribution is 2.13. The Kier molecular flexibility index (Phi) is 5.97. The van der Waals surface area contributed by atoms with Gasteiger partial charge in [-0.3, -0.25) is 0 Å². The molecular weight excluding hydrogens is 203 g/mol. The van der Waals surface area contributed by atoms with Crippen molar-refractivity contribution in [1.82, 2.24) is 5.32 Å². The van der Waals surface area contributed by atoms with E-state index in [2.05, 4.69) is 15.2 Å². The first-order valence-corrected chi connectivity index (χ1v) is 3.77. The molecule has 0 heterocycles. The van der Waals surface area contributed by atoms with Gasteiger partial charge in [0.25, 0.3) is 0 Å². The van der Waals surface area contributed by atoms with E-state index in [0.717, 1.165) is 0 Å². The van der Waals surface area contributed by atoms with Gasteiger partial charge in [0.15, 0.2) is 5.84 Å². The van der Waals surface area contributed by atoms with Gasteiger partial charge in [0.05, 0.1) is 13.2 Å². The van der Waals surface area contributed by atoms with Crippen molar-refractivity contribution in [2.24, 2.45) is 10.9 Å². The van der Waals surface area contributed by atoms with Crippen LogP contribution < -0.4 is 11.1 Å². The fourth-order valence-electron chi connectivity index (χ4n) is 0.584. The lowest BCUT2D eigenvalue weighted by molar-refractivity contribution is -0.173. The maximum Gasteiger partial charge on any atom is 0.411 e. The summed E-state index contributed by atoms with van der Waals surface area (Å²) < 4.78 is 38.9. The quantitative estimate of drug-likeness (QED) is 0.190. The molecule has 0 aromatic rings. The minimum Gasteiger partial charge on any atom is -0.409 e. The molecule has 0 saturated carbocycles. The van der Waals surface area contributed by atoms with E-state index in [1.807, 2.05) is 0 Å². The Morgan fingerprint density at radius 1 is 1.50 bits per heavy atom. The van der Waals surface area contributed by atoms with E-state index in [1.54, 1.807) is 0 Å². The molecule has 0 fully saturated rings. The molecule has 0 aliphatic carbocycles. The molecule has 8 heteroatoms. The van der Waals surface area contributed by atoms with Gasteiger partial charge >= 0.3 is 6.18 Å². The number of nitrogens with zero attached hydrogens (tertiary/aromatic N) is 1. The lowest BCUT2D eigenvalue weighted by atomic mass is 10.5. The van der Waals surface area contributed by atoms with Crippen LogP contribution in [0, 0.1) is 0 Å². The van der Waals surface area contributed by atoms with Crippen LogP contribution in [0.15, 0.2) is 5.16 Å². The summed E-state index contributed by atoms with van der Waals surface area (Å²) in [5.74, 6) is -0.0409. The highest BCUT2D eigenvalue weighted by atomic mass is 19.4. The highest BCUT2D eigenvalue weighted by Gasteiger charge is 2.27. The third-order valence-corrected chi connectivity index (χ3v) is 1.12. The Balaban J connectivity index is 3.23. The van der Waals surface area contributed by atoms with E-state index in [9.17, 15) is 13.2 Å². The van der Waals surface area contributed by atoms with Crippen molar-refractivity contribution < 1.29 is 23.1 Å². The van der Waals surface area contributed by atoms with Gasteiger partial charge in [0, 0.05) is 6.54 Å². The van der Waals surface area contributed by atoms with Crippen molar-refractivity contribution in [2.45, 2.75) is 6.18 Å². The fourth-order valence-corrected chi connectivity index (χ4v) is 0.584. The van der Waals surface area contributed by atoms with Gasteiger partial charge in [0.1, 0.15) is 6.61 Å². The number of rotatable bonds is 6. The first-order chi connectivity index (χ1) is 6.45. The molecule has 0 atom stereocenters. The molecule has 0 aromatic carbocycles. The Morgan fingerprint density at radius 3 is 2.64 bits per heavy atom. The molecule has 0 aliphatic heterocycles. The van der Waals surface area contributed by atoms with Crippen molar-refractivity contribution in [3.63, 3.8) is 0 Å². The van der Waals surface area contributed by atoms with Gasteiger partial charge < -0.3 is 21.0 Å². The van der Waals surface area contributed by atoms with Gasteiger partial charge in [0.2, 0.25) is 0 Å². The summed E-state index contributed by atoms with van der Waals surface area (Å²) in [6.45, 7) is -1.05. The van der Waals surface area contributed by atoms with Crippen LogP contribution in [0.1, 0.15) is 0 Å². The van der Waals surface area contributed by atoms with E-state index in [4.69, 9.17) is 10.9 Å².